The molecule has 0 amide bonds. The molecular formula is C76H148O17P2. The second-order valence-electron chi connectivity index (χ2n) is 29.3. The second-order valence-corrected chi connectivity index (χ2v) is 32.2. The van der Waals surface area contributed by atoms with Gasteiger partial charge in [0.15, 0.2) is 12.2 Å². The number of aliphatic hydroxyl groups is 1. The number of carbonyl (C=O) groups is 4. The van der Waals surface area contributed by atoms with E-state index in [9.17, 15) is 43.2 Å². The molecule has 0 aliphatic rings. The summed E-state index contributed by atoms with van der Waals surface area (Å²) in [5.74, 6) is 0.895. The number of aliphatic hydroxyl groups excluding tert-OH is 1. The van der Waals surface area contributed by atoms with Crippen molar-refractivity contribution in [3.8, 4) is 0 Å². The SMILES string of the molecule is CC(C)CCCCCCCCCCCCCCCCC(=O)OC[C@H](COP(=O)(O)OCC(O)COP(=O)(O)OC[C@@H](COC(=O)CCCCCCCCCC(C)C)OC(=O)CCCCCCCCCCCCCCCCC(C)C)OC(=O)CCCCCCCCCCC(C)C. The molecule has 0 aromatic rings. The highest BCUT2D eigenvalue weighted by Crippen LogP contribution is 2.45. The Labute approximate surface area is 581 Å². The topological polar surface area (TPSA) is 237 Å². The minimum Gasteiger partial charge on any atom is -0.462 e. The van der Waals surface area contributed by atoms with Crippen molar-refractivity contribution in [2.24, 2.45) is 23.7 Å². The Bertz CT molecular complexity index is 1870. The predicted molar refractivity (Wildman–Crippen MR) is 386 cm³/mol. The Balaban J connectivity index is 5.21. The van der Waals surface area contributed by atoms with Crippen molar-refractivity contribution in [2.45, 2.75) is 401 Å². The van der Waals surface area contributed by atoms with Crippen LogP contribution in [0, 0.1) is 23.7 Å². The van der Waals surface area contributed by atoms with Gasteiger partial charge in [-0.25, -0.2) is 9.13 Å². The van der Waals surface area contributed by atoms with Crippen LogP contribution in [-0.4, -0.2) is 96.7 Å². The van der Waals surface area contributed by atoms with Crippen LogP contribution in [-0.2, 0) is 65.4 Å². The molecule has 0 heterocycles. The molecule has 95 heavy (non-hydrogen) atoms. The minimum atomic E-state index is -4.96. The lowest BCUT2D eigenvalue weighted by molar-refractivity contribution is -0.161. The largest absolute Gasteiger partial charge is 0.472 e. The number of phosphoric ester groups is 2. The monoisotopic (exact) mass is 1400 g/mol. The molecule has 564 valence electrons. The zero-order valence-electron chi connectivity index (χ0n) is 62.3. The van der Waals surface area contributed by atoms with Crippen LogP contribution in [0.1, 0.15) is 383 Å². The highest BCUT2D eigenvalue weighted by molar-refractivity contribution is 7.47. The first-order valence-corrected chi connectivity index (χ1v) is 42.2. The number of hydrogen-bond acceptors (Lipinski definition) is 15. The molecule has 3 unspecified atom stereocenters. The number of ether oxygens (including phenoxy) is 4. The number of rotatable bonds is 73. The number of unbranched alkanes of at least 4 members (excludes halogenated alkanes) is 39. The Kier molecular flexibility index (Phi) is 64.0. The van der Waals surface area contributed by atoms with Crippen LogP contribution in [0.15, 0.2) is 0 Å². The predicted octanol–water partition coefficient (Wildman–Crippen LogP) is 22.0. The minimum absolute atomic E-state index is 0.104. The molecular weight excluding hydrogens is 1250 g/mol. The van der Waals surface area contributed by atoms with Crippen molar-refractivity contribution in [1.82, 2.24) is 0 Å². The van der Waals surface area contributed by atoms with E-state index in [2.05, 4.69) is 55.4 Å². The second kappa shape index (κ2) is 65.4. The van der Waals surface area contributed by atoms with Crippen LogP contribution in [0.4, 0.5) is 0 Å². The third kappa shape index (κ3) is 70.3. The van der Waals surface area contributed by atoms with Gasteiger partial charge in [0, 0.05) is 25.7 Å². The van der Waals surface area contributed by atoms with E-state index < -0.39 is 97.5 Å². The summed E-state index contributed by atoms with van der Waals surface area (Å²) in [5, 5.41) is 10.6. The fraction of sp³-hybridized carbons (Fsp3) is 0.947. The van der Waals surface area contributed by atoms with Crippen molar-refractivity contribution in [2.75, 3.05) is 39.6 Å². The van der Waals surface area contributed by atoms with Gasteiger partial charge in [-0.3, -0.25) is 37.3 Å². The highest BCUT2D eigenvalue weighted by atomic mass is 31.2. The molecule has 0 radical (unpaired) electrons. The number of esters is 4. The Morgan fingerprint density at radius 2 is 0.442 bits per heavy atom. The van der Waals surface area contributed by atoms with Crippen LogP contribution in [0.3, 0.4) is 0 Å². The highest BCUT2D eigenvalue weighted by Gasteiger charge is 2.30. The first-order valence-electron chi connectivity index (χ1n) is 39.2. The number of phosphoric acid groups is 2. The van der Waals surface area contributed by atoms with Gasteiger partial charge >= 0.3 is 39.5 Å². The number of carbonyl (C=O) groups excluding carboxylic acids is 4. The van der Waals surface area contributed by atoms with E-state index in [1.807, 2.05) is 0 Å². The maximum absolute atomic E-state index is 13.1. The Morgan fingerprint density at radius 3 is 0.653 bits per heavy atom. The van der Waals surface area contributed by atoms with Crippen molar-refractivity contribution in [3.05, 3.63) is 0 Å². The van der Waals surface area contributed by atoms with Crippen molar-refractivity contribution in [3.63, 3.8) is 0 Å². The average Bonchev–Trinajstić information content (AvgIpc) is 1.97. The Morgan fingerprint density at radius 1 is 0.263 bits per heavy atom. The Hall–Kier alpha value is -1.94. The summed E-state index contributed by atoms with van der Waals surface area (Å²) in [4.78, 5) is 72.8. The molecule has 0 aromatic carbocycles. The fourth-order valence-electron chi connectivity index (χ4n) is 11.6. The molecule has 0 bridgehead atoms. The summed E-state index contributed by atoms with van der Waals surface area (Å²) in [6.07, 6.45) is 50.1. The van der Waals surface area contributed by atoms with Crippen LogP contribution in [0.5, 0.6) is 0 Å². The molecule has 17 nitrogen and oxygen atoms in total. The maximum Gasteiger partial charge on any atom is 0.472 e. The van der Waals surface area contributed by atoms with Crippen molar-refractivity contribution >= 4 is 39.5 Å². The molecule has 5 atom stereocenters. The molecule has 0 saturated carbocycles. The third-order valence-corrected chi connectivity index (χ3v) is 19.5. The van der Waals surface area contributed by atoms with E-state index in [1.165, 1.54) is 180 Å². The van der Waals surface area contributed by atoms with Crippen molar-refractivity contribution < 1.29 is 80.2 Å². The normalized spacial score (nSPS) is 14.1. The first kappa shape index (κ1) is 93.1. The van der Waals surface area contributed by atoms with E-state index >= 15 is 0 Å². The summed E-state index contributed by atoms with van der Waals surface area (Å²) in [6, 6.07) is 0. The van der Waals surface area contributed by atoms with Gasteiger partial charge in [-0.05, 0) is 49.4 Å². The van der Waals surface area contributed by atoms with Gasteiger partial charge in [-0.2, -0.15) is 0 Å². The van der Waals surface area contributed by atoms with Crippen molar-refractivity contribution in [1.29, 1.82) is 0 Å². The quantitative estimate of drug-likeness (QED) is 0.0222. The van der Waals surface area contributed by atoms with Crippen LogP contribution >= 0.6 is 15.6 Å². The van der Waals surface area contributed by atoms with Gasteiger partial charge in [-0.15, -0.1) is 0 Å². The zero-order valence-corrected chi connectivity index (χ0v) is 64.1. The molecule has 0 aromatic heterocycles. The van der Waals surface area contributed by atoms with Gasteiger partial charge in [-0.1, -0.05) is 331 Å². The summed E-state index contributed by atoms with van der Waals surface area (Å²) in [6.45, 7) is 14.2. The number of hydrogen-bond donors (Lipinski definition) is 3. The summed E-state index contributed by atoms with van der Waals surface area (Å²) >= 11 is 0. The van der Waals surface area contributed by atoms with Gasteiger partial charge in [0.2, 0.25) is 0 Å². The molecule has 0 aliphatic heterocycles. The van der Waals surface area contributed by atoms with E-state index in [4.69, 9.17) is 37.0 Å². The summed E-state index contributed by atoms with van der Waals surface area (Å²) in [7, 11) is -9.91. The van der Waals surface area contributed by atoms with Crippen LogP contribution in [0.2, 0.25) is 0 Å². The van der Waals surface area contributed by atoms with Gasteiger partial charge in [0.25, 0.3) is 0 Å². The molecule has 0 rings (SSSR count). The molecule has 0 saturated heterocycles. The van der Waals surface area contributed by atoms with Gasteiger partial charge in [0.05, 0.1) is 26.4 Å². The summed E-state index contributed by atoms with van der Waals surface area (Å²) < 4.78 is 68.5. The molecule has 0 fully saturated rings. The van der Waals surface area contributed by atoms with E-state index in [1.54, 1.807) is 0 Å². The lowest BCUT2D eigenvalue weighted by Gasteiger charge is -2.21. The van der Waals surface area contributed by atoms with Gasteiger partial charge in [0.1, 0.15) is 19.3 Å². The smallest absolute Gasteiger partial charge is 0.462 e. The van der Waals surface area contributed by atoms with E-state index in [0.717, 1.165) is 114 Å². The summed E-state index contributed by atoms with van der Waals surface area (Å²) in [5.41, 5.74) is 0. The van der Waals surface area contributed by atoms with Crippen LogP contribution in [0.25, 0.3) is 0 Å². The lowest BCUT2D eigenvalue weighted by Crippen LogP contribution is -2.30. The van der Waals surface area contributed by atoms with Gasteiger partial charge < -0.3 is 33.8 Å². The molecule has 19 heteroatoms. The maximum atomic E-state index is 13.1. The standard InChI is InChI=1S/C76H148O17P2/c1-66(2)52-44-36-28-21-17-13-9-11-15-19-23-32-40-48-56-73(78)86-62-71(93-76(81)59-51-43-34-26-25-30-38-46-54-68(5)6)64-90-94(82,83)88-60-70(77)61-89-95(84,85)91-65-72(63-87-74(79)57-49-41-35-27-31-39-47-55-69(7)8)92-75(80)58-50-42-33-24-20-16-12-10-14-18-22-29-37-45-53-67(3)4/h66-72,77H,9-65H2,1-8H3,(H,82,83)(H,84,85)/t70?,71-,72-/m1/s1. The van der Waals surface area contributed by atoms with Crippen LogP contribution < -0.4 is 0 Å². The van der Waals surface area contributed by atoms with E-state index in [0.29, 0.717) is 31.6 Å². The van der Waals surface area contributed by atoms with E-state index in [-0.39, 0.29) is 25.7 Å². The average molecular weight is 1400 g/mol. The fourth-order valence-corrected chi connectivity index (χ4v) is 13.1. The first-order chi connectivity index (χ1) is 45.6. The molecule has 3 N–H and O–H groups in total. The third-order valence-electron chi connectivity index (χ3n) is 17.6. The zero-order chi connectivity index (χ0) is 70.3. The lowest BCUT2D eigenvalue weighted by atomic mass is 10.0. The molecule has 0 aliphatic carbocycles. The molecule has 0 spiro atoms.